The van der Waals surface area contributed by atoms with Gasteiger partial charge in [-0.25, -0.2) is 4.79 Å². The highest BCUT2D eigenvalue weighted by molar-refractivity contribution is 5.61. The van der Waals surface area contributed by atoms with Gasteiger partial charge in [-0.15, -0.1) is 0 Å². The van der Waals surface area contributed by atoms with Gasteiger partial charge in [0, 0.05) is 13.2 Å². The van der Waals surface area contributed by atoms with E-state index in [1.54, 1.807) is 0 Å². The molecule has 0 saturated carbocycles. The molecule has 1 fully saturated rings. The van der Waals surface area contributed by atoms with Gasteiger partial charge in [-0.3, -0.25) is 14.3 Å². The van der Waals surface area contributed by atoms with E-state index in [0.717, 1.165) is 6.42 Å². The second kappa shape index (κ2) is 5.48. The molecule has 7 nitrogen and oxygen atoms in total. The zero-order valence-electron chi connectivity index (χ0n) is 11.2. The lowest BCUT2D eigenvalue weighted by atomic mass is 10.2. The number of rotatable bonds is 4. The van der Waals surface area contributed by atoms with Gasteiger partial charge in [0.2, 0.25) is 0 Å². The van der Waals surface area contributed by atoms with Crippen molar-refractivity contribution in [3.63, 3.8) is 0 Å². The van der Waals surface area contributed by atoms with Crippen LogP contribution in [0.15, 0.2) is 9.59 Å². The van der Waals surface area contributed by atoms with Crippen LogP contribution in [0.5, 0.6) is 0 Å². The molecule has 2 heterocycles. The summed E-state index contributed by atoms with van der Waals surface area (Å²) in [4.78, 5) is 25.9. The molecular weight excluding hydrogens is 248 g/mol. The molecule has 4 N–H and O–H groups in total. The normalized spacial score (nSPS) is 19.0. The Labute approximate surface area is 110 Å². The summed E-state index contributed by atoms with van der Waals surface area (Å²) in [5.41, 5.74) is 5.27. The van der Waals surface area contributed by atoms with E-state index in [9.17, 15) is 9.59 Å². The summed E-state index contributed by atoms with van der Waals surface area (Å²) >= 11 is 0. The van der Waals surface area contributed by atoms with Crippen LogP contribution in [0, 0.1) is 5.92 Å². The third-order valence-corrected chi connectivity index (χ3v) is 3.07. The molecule has 1 unspecified atom stereocenters. The zero-order chi connectivity index (χ0) is 14.0. The molecule has 7 heteroatoms. The molecule has 0 aliphatic carbocycles. The lowest BCUT2D eigenvalue weighted by Gasteiger charge is -2.17. The Bertz CT molecular complexity index is 555. The molecule has 2 rings (SSSR count). The first-order valence-electron chi connectivity index (χ1n) is 6.46. The van der Waals surface area contributed by atoms with Crippen LogP contribution >= 0.6 is 0 Å². The number of hydrogen-bond acceptors (Lipinski definition) is 5. The Morgan fingerprint density at radius 3 is 2.84 bits per heavy atom. The minimum Gasteiger partial charge on any atom is -0.383 e. The van der Waals surface area contributed by atoms with Crippen LogP contribution in [-0.4, -0.2) is 28.8 Å². The van der Waals surface area contributed by atoms with Gasteiger partial charge < -0.3 is 15.8 Å². The first-order valence-corrected chi connectivity index (χ1v) is 6.46. The number of hydrogen-bond donors (Lipinski definition) is 3. The third kappa shape index (κ3) is 2.98. The monoisotopic (exact) mass is 268 g/mol. The molecule has 1 aliphatic heterocycles. The molecular formula is C12H20N4O3. The van der Waals surface area contributed by atoms with Crippen molar-refractivity contribution in [1.29, 1.82) is 0 Å². The molecule has 1 saturated heterocycles. The molecule has 106 valence electrons. The average Bonchev–Trinajstić information content (AvgIpc) is 2.82. The van der Waals surface area contributed by atoms with Crippen LogP contribution in [0.4, 0.5) is 11.5 Å². The van der Waals surface area contributed by atoms with Gasteiger partial charge in [0.25, 0.3) is 5.56 Å². The predicted molar refractivity (Wildman–Crippen MR) is 73.4 cm³/mol. The zero-order valence-corrected chi connectivity index (χ0v) is 11.2. The second-order valence-electron chi connectivity index (χ2n) is 5.23. The summed E-state index contributed by atoms with van der Waals surface area (Å²) in [7, 11) is 0. The van der Waals surface area contributed by atoms with E-state index in [-0.39, 0.29) is 23.5 Å². The molecule has 0 amide bonds. The molecule has 1 atom stereocenters. The van der Waals surface area contributed by atoms with Crippen molar-refractivity contribution in [2.24, 2.45) is 5.92 Å². The van der Waals surface area contributed by atoms with Crippen molar-refractivity contribution in [3.8, 4) is 0 Å². The number of aromatic amines is 1. The summed E-state index contributed by atoms with van der Waals surface area (Å²) in [6, 6.07) is 0.0633. The first-order chi connectivity index (χ1) is 8.99. The maximum atomic E-state index is 11.8. The average molecular weight is 268 g/mol. The Hall–Kier alpha value is -1.76. The van der Waals surface area contributed by atoms with E-state index in [1.807, 2.05) is 13.8 Å². The summed E-state index contributed by atoms with van der Waals surface area (Å²) in [5.74, 6) is 0.447. The van der Waals surface area contributed by atoms with Gasteiger partial charge in [-0.1, -0.05) is 13.8 Å². The van der Waals surface area contributed by atoms with Gasteiger partial charge in [0.05, 0.1) is 12.6 Å². The standard InChI is InChI=1S/C12H20N4O3/c1-7(2)5-16-10(13)9(11(17)15-12(16)18)14-8-3-4-19-6-8/h7-8,14H,3-6,13H2,1-2H3,(H,15,17,18). The number of nitrogens with one attached hydrogen (secondary N) is 2. The molecule has 0 spiro atoms. The van der Waals surface area contributed by atoms with Crippen LogP contribution in [0.1, 0.15) is 20.3 Å². The van der Waals surface area contributed by atoms with Gasteiger partial charge >= 0.3 is 5.69 Å². The van der Waals surface area contributed by atoms with Crippen LogP contribution in [0.3, 0.4) is 0 Å². The fraction of sp³-hybridized carbons (Fsp3) is 0.667. The van der Waals surface area contributed by atoms with Gasteiger partial charge in [0.15, 0.2) is 0 Å². The number of nitrogen functional groups attached to an aromatic ring is 1. The largest absolute Gasteiger partial charge is 0.383 e. The molecule has 0 aromatic carbocycles. The minimum absolute atomic E-state index is 0.0633. The van der Waals surface area contributed by atoms with E-state index in [1.165, 1.54) is 4.57 Å². The quantitative estimate of drug-likeness (QED) is 0.712. The fourth-order valence-corrected chi connectivity index (χ4v) is 2.13. The minimum atomic E-state index is -0.477. The topological polar surface area (TPSA) is 102 Å². The van der Waals surface area contributed by atoms with E-state index >= 15 is 0 Å². The Balaban J connectivity index is 2.36. The number of aromatic nitrogens is 2. The molecule has 1 aliphatic rings. The van der Waals surface area contributed by atoms with E-state index < -0.39 is 11.2 Å². The Kier molecular flexibility index (Phi) is 3.94. The van der Waals surface area contributed by atoms with Gasteiger partial charge in [-0.05, 0) is 12.3 Å². The molecule has 19 heavy (non-hydrogen) atoms. The van der Waals surface area contributed by atoms with Crippen LogP contribution in [0.25, 0.3) is 0 Å². The Morgan fingerprint density at radius 1 is 1.53 bits per heavy atom. The smallest absolute Gasteiger partial charge is 0.330 e. The third-order valence-electron chi connectivity index (χ3n) is 3.07. The maximum Gasteiger partial charge on any atom is 0.330 e. The number of nitrogens with zero attached hydrogens (tertiary/aromatic N) is 1. The number of ether oxygens (including phenoxy) is 1. The molecule has 0 radical (unpaired) electrons. The molecule has 0 bridgehead atoms. The van der Waals surface area contributed by atoms with Crippen molar-refractivity contribution >= 4 is 11.5 Å². The number of nitrogens with two attached hydrogens (primary N) is 1. The summed E-state index contributed by atoms with van der Waals surface area (Å²) < 4.78 is 6.64. The molecule has 1 aromatic rings. The van der Waals surface area contributed by atoms with E-state index in [4.69, 9.17) is 10.5 Å². The highest BCUT2D eigenvalue weighted by Crippen LogP contribution is 2.16. The van der Waals surface area contributed by atoms with Crippen LogP contribution in [-0.2, 0) is 11.3 Å². The van der Waals surface area contributed by atoms with Crippen molar-refractivity contribution in [2.75, 3.05) is 24.3 Å². The van der Waals surface area contributed by atoms with Crippen molar-refractivity contribution in [2.45, 2.75) is 32.9 Å². The number of H-pyrrole nitrogens is 1. The number of anilines is 2. The highest BCUT2D eigenvalue weighted by Gasteiger charge is 2.20. The summed E-state index contributed by atoms with van der Waals surface area (Å²) in [5, 5.41) is 3.06. The van der Waals surface area contributed by atoms with Gasteiger partial charge in [-0.2, -0.15) is 0 Å². The lowest BCUT2D eigenvalue weighted by molar-refractivity contribution is 0.195. The van der Waals surface area contributed by atoms with Crippen LogP contribution in [0.2, 0.25) is 0 Å². The SMILES string of the molecule is CC(C)Cn1c(N)c(NC2CCOC2)c(=O)[nH]c1=O. The predicted octanol–water partition coefficient (Wildman–Crippen LogP) is -0.0244. The second-order valence-corrected chi connectivity index (χ2v) is 5.23. The fourth-order valence-electron chi connectivity index (χ4n) is 2.13. The first kappa shape index (κ1) is 13.7. The highest BCUT2D eigenvalue weighted by atomic mass is 16.5. The summed E-state index contributed by atoms with van der Waals surface area (Å²) in [6.07, 6.45) is 0.822. The maximum absolute atomic E-state index is 11.8. The Morgan fingerprint density at radius 2 is 2.26 bits per heavy atom. The lowest BCUT2D eigenvalue weighted by Crippen LogP contribution is -2.36. The van der Waals surface area contributed by atoms with Crippen molar-refractivity contribution < 1.29 is 4.74 Å². The summed E-state index contributed by atoms with van der Waals surface area (Å²) in [6.45, 7) is 5.64. The van der Waals surface area contributed by atoms with Crippen molar-refractivity contribution in [3.05, 3.63) is 20.8 Å². The van der Waals surface area contributed by atoms with E-state index in [0.29, 0.717) is 19.8 Å². The van der Waals surface area contributed by atoms with Crippen LogP contribution < -0.4 is 22.3 Å². The van der Waals surface area contributed by atoms with E-state index in [2.05, 4.69) is 10.3 Å². The molecule has 1 aromatic heterocycles. The van der Waals surface area contributed by atoms with Gasteiger partial charge in [0.1, 0.15) is 11.5 Å². The van der Waals surface area contributed by atoms with Crippen molar-refractivity contribution in [1.82, 2.24) is 9.55 Å².